The molecule has 0 amide bonds. The lowest BCUT2D eigenvalue weighted by Gasteiger charge is -1.95. The Balaban J connectivity index is 3.29. The third-order valence-corrected chi connectivity index (χ3v) is 2.60. The summed E-state index contributed by atoms with van der Waals surface area (Å²) in [5.41, 5.74) is -0.0295. The monoisotopic (exact) mass is 237 g/mol. The van der Waals surface area contributed by atoms with E-state index in [1.807, 2.05) is 0 Å². The lowest BCUT2D eigenvalue weighted by Crippen LogP contribution is -2.05. The molecular weight excluding hydrogens is 226 g/mol. The number of aromatic carboxylic acids is 1. The molecule has 6 heteroatoms. The normalized spacial score (nSPS) is 12.0. The summed E-state index contributed by atoms with van der Waals surface area (Å²) >= 11 is 1.24. The van der Waals surface area contributed by atoms with Crippen LogP contribution in [0.4, 0.5) is 0 Å². The third-order valence-electron chi connectivity index (χ3n) is 1.64. The van der Waals surface area contributed by atoms with Gasteiger partial charge in [-0.3, -0.25) is 0 Å². The first-order valence-electron chi connectivity index (χ1n) is 4.47. The van der Waals surface area contributed by atoms with Gasteiger partial charge in [-0.15, -0.1) is 11.3 Å². The lowest BCUT2D eigenvalue weighted by molar-refractivity contribution is 0.0691. The fourth-order valence-electron chi connectivity index (χ4n) is 1.04. The van der Waals surface area contributed by atoms with Crippen LogP contribution in [0.1, 0.15) is 27.3 Å². The van der Waals surface area contributed by atoms with Gasteiger partial charge in [0.2, 0.25) is 0 Å². The van der Waals surface area contributed by atoms with Crippen molar-refractivity contribution in [2.75, 3.05) is 0 Å². The second-order valence-corrected chi connectivity index (χ2v) is 4.01. The van der Waals surface area contributed by atoms with Crippen molar-refractivity contribution in [2.24, 2.45) is 9.98 Å². The number of carboxylic acid groups (broad SMARTS) is 1. The Hall–Kier alpha value is -1.82. The van der Waals surface area contributed by atoms with E-state index >= 15 is 0 Å². The van der Waals surface area contributed by atoms with Gasteiger partial charge in [-0.1, -0.05) is 6.08 Å². The number of allylic oxidation sites excluding steroid dienone is 1. The zero-order valence-electron chi connectivity index (χ0n) is 8.97. The molecule has 1 aromatic heterocycles. The van der Waals surface area contributed by atoms with Crippen molar-refractivity contribution in [3.63, 3.8) is 0 Å². The van der Waals surface area contributed by atoms with Crippen molar-refractivity contribution in [1.82, 2.24) is 4.98 Å². The average Bonchev–Trinajstić information content (AvgIpc) is 2.62. The van der Waals surface area contributed by atoms with Crippen LogP contribution >= 0.6 is 11.3 Å². The van der Waals surface area contributed by atoms with Crippen LogP contribution in [0.2, 0.25) is 0 Å². The maximum atomic E-state index is 10.9. The van der Waals surface area contributed by atoms with Crippen molar-refractivity contribution >= 4 is 29.9 Å². The van der Waals surface area contributed by atoms with Crippen LogP contribution in [0.3, 0.4) is 0 Å². The van der Waals surface area contributed by atoms with Crippen LogP contribution in [0.15, 0.2) is 22.3 Å². The number of hydrogen-bond donors (Lipinski definition) is 1. The number of amidine groups is 1. The number of rotatable bonds is 3. The van der Waals surface area contributed by atoms with Crippen molar-refractivity contribution in [3.05, 3.63) is 27.9 Å². The molecule has 5 nitrogen and oxygen atoms in total. The summed E-state index contributed by atoms with van der Waals surface area (Å²) in [4.78, 5) is 23.0. The third kappa shape index (κ3) is 2.60. The number of hydrogen-bond acceptors (Lipinski definition) is 4. The molecule has 1 rings (SSSR count). The zero-order valence-corrected chi connectivity index (χ0v) is 9.78. The predicted molar refractivity (Wildman–Crippen MR) is 64.7 cm³/mol. The molecular formula is C10H11N3O2S. The lowest BCUT2D eigenvalue weighted by atomic mass is 10.3. The minimum atomic E-state index is -1.09. The van der Waals surface area contributed by atoms with Gasteiger partial charge in [-0.25, -0.2) is 19.8 Å². The van der Waals surface area contributed by atoms with Gasteiger partial charge in [0.1, 0.15) is 4.88 Å². The first kappa shape index (κ1) is 12.3. The van der Waals surface area contributed by atoms with Crippen molar-refractivity contribution in [3.8, 4) is 0 Å². The Labute approximate surface area is 96.9 Å². The minimum Gasteiger partial charge on any atom is -0.476 e. The maximum Gasteiger partial charge on any atom is 0.356 e. The van der Waals surface area contributed by atoms with E-state index in [9.17, 15) is 4.79 Å². The first-order chi connectivity index (χ1) is 7.60. The van der Waals surface area contributed by atoms with Gasteiger partial charge < -0.3 is 5.11 Å². The molecule has 0 spiro atoms. The summed E-state index contributed by atoms with van der Waals surface area (Å²) in [5, 5.41) is 9.61. The van der Waals surface area contributed by atoms with Gasteiger partial charge in [0.15, 0.2) is 11.5 Å². The Morgan fingerprint density at radius 1 is 1.62 bits per heavy atom. The van der Waals surface area contributed by atoms with E-state index in [0.717, 1.165) is 0 Å². The second kappa shape index (κ2) is 5.32. The molecule has 0 aliphatic rings. The number of thiazole rings is 1. The Bertz CT molecular complexity index is 474. The zero-order chi connectivity index (χ0) is 12.1. The molecule has 0 atom stereocenters. The molecule has 0 unspecified atom stereocenters. The van der Waals surface area contributed by atoms with Gasteiger partial charge in [-0.2, -0.15) is 0 Å². The van der Waals surface area contributed by atoms with Crippen LogP contribution in [-0.4, -0.2) is 28.6 Å². The highest BCUT2D eigenvalue weighted by Gasteiger charge is 2.19. The smallest absolute Gasteiger partial charge is 0.356 e. The highest BCUT2D eigenvalue weighted by Crippen LogP contribution is 2.19. The van der Waals surface area contributed by atoms with E-state index < -0.39 is 5.97 Å². The Morgan fingerprint density at radius 3 is 2.81 bits per heavy atom. The summed E-state index contributed by atoms with van der Waals surface area (Å²) in [6, 6.07) is 0. The van der Waals surface area contributed by atoms with Gasteiger partial charge in [0, 0.05) is 6.20 Å². The standard InChI is InChI=1S/C10H11N3O2S/c1-4-5-12-9(11-3)8-7(10(14)15)13-6(2)16-8/h4-5H,3H2,1-2H3,(H,14,15)/b5-4-,12-9-. The molecule has 0 bridgehead atoms. The number of aromatic nitrogens is 1. The predicted octanol–water partition coefficient (Wildman–Crippen LogP) is 2.13. The van der Waals surface area contributed by atoms with Crippen molar-refractivity contribution in [2.45, 2.75) is 13.8 Å². The number of aryl methyl sites for hydroxylation is 1. The van der Waals surface area contributed by atoms with Gasteiger partial charge in [0.05, 0.1) is 5.01 Å². The van der Waals surface area contributed by atoms with Crippen LogP contribution in [0.25, 0.3) is 0 Å². The molecule has 0 saturated carbocycles. The Morgan fingerprint density at radius 2 is 2.31 bits per heavy atom. The summed E-state index contributed by atoms with van der Waals surface area (Å²) in [6.07, 6.45) is 3.25. The second-order valence-electron chi connectivity index (χ2n) is 2.81. The van der Waals surface area contributed by atoms with E-state index in [-0.39, 0.29) is 11.5 Å². The minimum absolute atomic E-state index is 0.0295. The maximum absolute atomic E-state index is 10.9. The van der Waals surface area contributed by atoms with E-state index in [0.29, 0.717) is 9.88 Å². The van der Waals surface area contributed by atoms with Crippen LogP contribution in [0, 0.1) is 6.92 Å². The molecule has 84 valence electrons. The molecule has 1 heterocycles. The topological polar surface area (TPSA) is 74.9 Å². The molecule has 0 saturated heterocycles. The average molecular weight is 237 g/mol. The summed E-state index contributed by atoms with van der Waals surface area (Å²) < 4.78 is 0. The summed E-state index contributed by atoms with van der Waals surface area (Å²) in [6.45, 7) is 6.91. The van der Waals surface area contributed by atoms with Crippen LogP contribution in [-0.2, 0) is 0 Å². The van der Waals surface area contributed by atoms with E-state index in [2.05, 4.69) is 21.7 Å². The van der Waals surface area contributed by atoms with Crippen LogP contribution in [0.5, 0.6) is 0 Å². The fourth-order valence-corrected chi connectivity index (χ4v) is 1.91. The molecule has 0 radical (unpaired) electrons. The highest BCUT2D eigenvalue weighted by atomic mass is 32.1. The van der Waals surface area contributed by atoms with Gasteiger partial charge in [0.25, 0.3) is 0 Å². The number of aliphatic imine (C=N–C) groups is 2. The fraction of sp³-hybridized carbons (Fsp3) is 0.200. The van der Waals surface area contributed by atoms with E-state index in [4.69, 9.17) is 5.11 Å². The first-order valence-corrected chi connectivity index (χ1v) is 5.28. The number of carbonyl (C=O) groups is 1. The van der Waals surface area contributed by atoms with E-state index in [1.54, 1.807) is 19.9 Å². The number of carboxylic acids is 1. The number of nitrogens with zero attached hydrogens (tertiary/aromatic N) is 3. The van der Waals surface area contributed by atoms with Crippen molar-refractivity contribution < 1.29 is 9.90 Å². The molecule has 0 aliphatic carbocycles. The highest BCUT2D eigenvalue weighted by molar-refractivity contribution is 7.14. The molecule has 16 heavy (non-hydrogen) atoms. The summed E-state index contributed by atoms with van der Waals surface area (Å²) in [7, 11) is 0. The molecule has 0 fully saturated rings. The molecule has 1 aromatic rings. The molecule has 0 aromatic carbocycles. The van der Waals surface area contributed by atoms with Gasteiger partial charge in [-0.05, 0) is 20.6 Å². The largest absolute Gasteiger partial charge is 0.476 e. The van der Waals surface area contributed by atoms with Crippen molar-refractivity contribution in [1.29, 1.82) is 0 Å². The SMILES string of the molecule is C=N/C(=N\C=C/C)c1sc(C)nc1C(=O)O. The van der Waals surface area contributed by atoms with Crippen LogP contribution < -0.4 is 0 Å². The Kier molecular flexibility index (Phi) is 4.07. The quantitative estimate of drug-likeness (QED) is 0.646. The molecule has 0 aliphatic heterocycles. The van der Waals surface area contributed by atoms with E-state index in [1.165, 1.54) is 17.5 Å². The molecule has 1 N–H and O–H groups in total. The van der Waals surface area contributed by atoms with Gasteiger partial charge >= 0.3 is 5.97 Å². The summed E-state index contributed by atoms with van der Waals surface area (Å²) in [5.74, 6) is -0.808.